The smallest absolute Gasteiger partial charge is 0.216 e. The van der Waals surface area contributed by atoms with Crippen molar-refractivity contribution in [3.63, 3.8) is 0 Å². The van der Waals surface area contributed by atoms with Gasteiger partial charge in [-0.25, -0.2) is 8.42 Å². The molecule has 0 aliphatic carbocycles. The number of sulfone groups is 1. The van der Waals surface area contributed by atoms with Gasteiger partial charge in [0.1, 0.15) is 0 Å². The molecule has 0 saturated carbocycles. The van der Waals surface area contributed by atoms with Crippen molar-refractivity contribution in [1.29, 1.82) is 0 Å². The Labute approximate surface area is 198 Å². The molecule has 0 radical (unpaired) electrons. The van der Waals surface area contributed by atoms with Crippen LogP contribution in [0.4, 0.5) is 0 Å². The summed E-state index contributed by atoms with van der Waals surface area (Å²) in [7, 11) is -4.10. The second-order valence-electron chi connectivity index (χ2n) is 7.40. The number of fused-ring (bicyclic) bond motifs is 1. The molecule has 0 aliphatic heterocycles. The molecule has 5 rings (SSSR count). The second-order valence-corrected chi connectivity index (χ2v) is 10.2. The van der Waals surface area contributed by atoms with Crippen LogP contribution in [0.2, 0.25) is 0 Å². The molecule has 0 unspecified atom stereocenters. The van der Waals surface area contributed by atoms with Gasteiger partial charge in [-0.2, -0.15) is 0 Å². The number of halogens is 1. The summed E-state index contributed by atoms with van der Waals surface area (Å²) in [4.78, 5) is 13.3. The molecule has 1 aromatic heterocycles. The predicted octanol–water partition coefficient (Wildman–Crippen LogP) is 6.32. The van der Waals surface area contributed by atoms with Crippen molar-refractivity contribution in [2.75, 3.05) is 0 Å². The second kappa shape index (κ2) is 8.42. The van der Waals surface area contributed by atoms with Crippen molar-refractivity contribution in [3.8, 4) is 11.3 Å². The fourth-order valence-electron chi connectivity index (χ4n) is 3.65. The van der Waals surface area contributed by atoms with Crippen LogP contribution in [0.3, 0.4) is 0 Å². The van der Waals surface area contributed by atoms with Gasteiger partial charge in [-0.1, -0.05) is 75.7 Å². The molecule has 5 nitrogen and oxygen atoms in total. The highest BCUT2D eigenvalue weighted by Crippen LogP contribution is 2.36. The molecule has 0 aliphatic rings. The Kier molecular flexibility index (Phi) is 5.44. The van der Waals surface area contributed by atoms with Crippen molar-refractivity contribution >= 4 is 42.3 Å². The summed E-state index contributed by atoms with van der Waals surface area (Å²) in [5.74, 6) is -0.502. The minimum Gasteiger partial charge on any atom is -0.354 e. The van der Waals surface area contributed by atoms with Crippen LogP contribution in [0, 0.1) is 0 Å². The molecule has 7 heteroatoms. The number of aromatic nitrogens is 1. The van der Waals surface area contributed by atoms with Crippen LogP contribution in [0.5, 0.6) is 0 Å². The van der Waals surface area contributed by atoms with Crippen molar-refractivity contribution in [1.82, 2.24) is 5.16 Å². The Hall–Kier alpha value is -3.55. The van der Waals surface area contributed by atoms with Crippen LogP contribution in [0.1, 0.15) is 16.1 Å². The van der Waals surface area contributed by atoms with Gasteiger partial charge in [0.25, 0.3) is 0 Å². The molecule has 162 valence electrons. The maximum atomic E-state index is 13.7. The van der Waals surface area contributed by atoms with Gasteiger partial charge in [-0.05, 0) is 53.2 Å². The van der Waals surface area contributed by atoms with Gasteiger partial charge in [0.2, 0.25) is 15.6 Å². The molecule has 0 bridgehead atoms. The first-order valence-electron chi connectivity index (χ1n) is 10.0. The molecule has 0 N–H and O–H groups in total. The summed E-state index contributed by atoms with van der Waals surface area (Å²) in [5.41, 5.74) is 0.582. The van der Waals surface area contributed by atoms with E-state index in [4.69, 9.17) is 4.52 Å². The SMILES string of the molecule is O=C(c1ccc2ccccc2c1)c1noc(-c2ccc(Br)cc2)c1S(=O)(=O)c1ccccc1. The molecule has 33 heavy (non-hydrogen) atoms. The molecular weight excluding hydrogens is 502 g/mol. The number of ketones is 1. The summed E-state index contributed by atoms with van der Waals surface area (Å²) in [6.45, 7) is 0. The van der Waals surface area contributed by atoms with Crippen LogP contribution in [0.25, 0.3) is 22.1 Å². The summed E-state index contributed by atoms with van der Waals surface area (Å²) in [5, 5.41) is 5.79. The van der Waals surface area contributed by atoms with Crippen LogP contribution in [-0.4, -0.2) is 19.4 Å². The average molecular weight is 518 g/mol. The lowest BCUT2D eigenvalue weighted by molar-refractivity contribution is 0.102. The van der Waals surface area contributed by atoms with E-state index in [1.165, 1.54) is 12.1 Å². The van der Waals surface area contributed by atoms with E-state index < -0.39 is 15.6 Å². The quantitative estimate of drug-likeness (QED) is 0.255. The topological polar surface area (TPSA) is 77.2 Å². The molecular formula is C26H16BrNO4S. The molecule has 0 saturated heterocycles. The van der Waals surface area contributed by atoms with E-state index in [0.29, 0.717) is 11.1 Å². The Morgan fingerprint density at radius 3 is 2.18 bits per heavy atom. The zero-order valence-corrected chi connectivity index (χ0v) is 19.5. The van der Waals surface area contributed by atoms with E-state index in [1.807, 2.05) is 30.3 Å². The Morgan fingerprint density at radius 2 is 1.45 bits per heavy atom. The highest BCUT2D eigenvalue weighted by Gasteiger charge is 2.34. The fraction of sp³-hybridized carbons (Fsp3) is 0. The van der Waals surface area contributed by atoms with Gasteiger partial charge in [0, 0.05) is 15.6 Å². The standard InChI is InChI=1S/C26H16BrNO4S/c27-21-14-12-18(13-15-21)25-26(33(30,31)22-8-2-1-3-9-22)23(28-32-25)24(29)20-11-10-17-6-4-5-7-19(17)16-20/h1-16H. The third kappa shape index (κ3) is 3.90. The average Bonchev–Trinajstić information content (AvgIpc) is 3.30. The van der Waals surface area contributed by atoms with Gasteiger partial charge < -0.3 is 4.52 Å². The zero-order valence-electron chi connectivity index (χ0n) is 17.1. The van der Waals surface area contributed by atoms with Crippen LogP contribution < -0.4 is 0 Å². The minimum atomic E-state index is -4.10. The van der Waals surface area contributed by atoms with Gasteiger partial charge in [0.15, 0.2) is 16.3 Å². The van der Waals surface area contributed by atoms with E-state index in [1.54, 1.807) is 54.6 Å². The van der Waals surface area contributed by atoms with Gasteiger partial charge in [0.05, 0.1) is 4.90 Å². The summed E-state index contributed by atoms with van der Waals surface area (Å²) in [6.07, 6.45) is 0. The van der Waals surface area contributed by atoms with E-state index in [2.05, 4.69) is 21.1 Å². The number of rotatable bonds is 5. The summed E-state index contributed by atoms with van der Waals surface area (Å²) < 4.78 is 33.6. The monoisotopic (exact) mass is 517 g/mol. The van der Waals surface area contributed by atoms with Crippen molar-refractivity contribution in [3.05, 3.63) is 113 Å². The van der Waals surface area contributed by atoms with Crippen LogP contribution in [0.15, 0.2) is 116 Å². The lowest BCUT2D eigenvalue weighted by Crippen LogP contribution is -2.11. The number of hydrogen-bond donors (Lipinski definition) is 0. The number of hydrogen-bond acceptors (Lipinski definition) is 5. The van der Waals surface area contributed by atoms with Crippen LogP contribution >= 0.6 is 15.9 Å². The highest BCUT2D eigenvalue weighted by atomic mass is 79.9. The fourth-order valence-corrected chi connectivity index (χ4v) is 5.44. The van der Waals surface area contributed by atoms with E-state index >= 15 is 0 Å². The zero-order chi connectivity index (χ0) is 23.0. The Balaban J connectivity index is 1.72. The summed E-state index contributed by atoms with van der Waals surface area (Å²) in [6, 6.07) is 27.7. The molecule has 4 aromatic carbocycles. The molecule has 5 aromatic rings. The van der Waals surface area contributed by atoms with Gasteiger partial charge >= 0.3 is 0 Å². The lowest BCUT2D eigenvalue weighted by Gasteiger charge is -2.07. The van der Waals surface area contributed by atoms with Crippen molar-refractivity contribution < 1.29 is 17.7 Å². The first kappa shape index (κ1) is 21.3. The third-order valence-electron chi connectivity index (χ3n) is 5.30. The predicted molar refractivity (Wildman–Crippen MR) is 129 cm³/mol. The molecule has 0 spiro atoms. The molecule has 0 amide bonds. The maximum absolute atomic E-state index is 13.7. The third-order valence-corrected chi connectivity index (χ3v) is 7.64. The van der Waals surface area contributed by atoms with Crippen LogP contribution in [-0.2, 0) is 9.84 Å². The molecule has 0 atom stereocenters. The van der Waals surface area contributed by atoms with Crippen molar-refractivity contribution in [2.24, 2.45) is 0 Å². The number of benzene rings is 4. The lowest BCUT2D eigenvalue weighted by atomic mass is 10.0. The maximum Gasteiger partial charge on any atom is 0.216 e. The van der Waals surface area contributed by atoms with E-state index in [9.17, 15) is 13.2 Å². The van der Waals surface area contributed by atoms with Gasteiger partial charge in [-0.15, -0.1) is 0 Å². The highest BCUT2D eigenvalue weighted by molar-refractivity contribution is 9.10. The summed E-state index contributed by atoms with van der Waals surface area (Å²) >= 11 is 3.37. The van der Waals surface area contributed by atoms with E-state index in [-0.39, 0.29) is 21.2 Å². The molecule has 0 fully saturated rings. The van der Waals surface area contributed by atoms with Gasteiger partial charge in [-0.3, -0.25) is 4.79 Å². The largest absolute Gasteiger partial charge is 0.354 e. The first-order chi connectivity index (χ1) is 15.9. The number of carbonyl (C=O) groups is 1. The minimum absolute atomic E-state index is 0.0236. The Morgan fingerprint density at radius 1 is 0.788 bits per heavy atom. The normalized spacial score (nSPS) is 11.5. The Bertz CT molecular complexity index is 1590. The van der Waals surface area contributed by atoms with Crippen molar-refractivity contribution in [2.45, 2.75) is 9.79 Å². The number of carbonyl (C=O) groups excluding carboxylic acids is 1. The number of nitrogens with zero attached hydrogens (tertiary/aromatic N) is 1. The first-order valence-corrected chi connectivity index (χ1v) is 12.3. The van der Waals surface area contributed by atoms with E-state index in [0.717, 1.165) is 15.2 Å². The molecule has 1 heterocycles.